The number of nitrogens with one attached hydrogen (secondary N) is 2. The predicted octanol–water partition coefficient (Wildman–Crippen LogP) is 0.284. The van der Waals surface area contributed by atoms with Gasteiger partial charge in [0.2, 0.25) is 0 Å². The molecule has 2 rings (SSSR count). The minimum absolute atomic E-state index is 0.364. The number of hydrogen-bond donors (Lipinski definition) is 4. The molecule has 12 heteroatoms. The Balaban J connectivity index is 1.93. The van der Waals surface area contributed by atoms with Gasteiger partial charge in [0.25, 0.3) is 0 Å². The van der Waals surface area contributed by atoms with Gasteiger partial charge in [-0.2, -0.15) is 0 Å². The van der Waals surface area contributed by atoms with E-state index in [1.54, 1.807) is 6.92 Å². The Bertz CT molecular complexity index is 485. The standard InChI is InChI=1S/C12H22BF2N2O5PS/c1-3-5-10(7(14)11(13)21-5)17-23(18,19)20-4-6-9(16-2)8(15)12(24)22-6/h5-12,16,24H,3-4H2,1-2H3,(H2,17,18,19). The molecule has 2 fully saturated rings. The van der Waals surface area contributed by atoms with E-state index in [1.165, 1.54) is 7.05 Å². The van der Waals surface area contributed by atoms with Crippen LogP contribution in [0.3, 0.4) is 0 Å². The van der Waals surface area contributed by atoms with Gasteiger partial charge in [0.1, 0.15) is 25.6 Å². The van der Waals surface area contributed by atoms with Crippen LogP contribution >= 0.6 is 20.4 Å². The Labute approximate surface area is 146 Å². The summed E-state index contributed by atoms with van der Waals surface area (Å²) in [5.74, 6) is 0. The Morgan fingerprint density at radius 2 is 1.96 bits per heavy atom. The third-order valence-electron chi connectivity index (χ3n) is 4.18. The van der Waals surface area contributed by atoms with Crippen molar-refractivity contribution in [2.45, 2.75) is 61.4 Å². The third kappa shape index (κ3) is 4.51. The normalized spacial score (nSPS) is 45.4. The van der Waals surface area contributed by atoms with Gasteiger partial charge in [-0.3, -0.25) is 4.52 Å². The maximum atomic E-state index is 14.0. The summed E-state index contributed by atoms with van der Waals surface area (Å²) >= 11 is 3.95. The van der Waals surface area contributed by atoms with E-state index in [0.29, 0.717) is 6.42 Å². The van der Waals surface area contributed by atoms with E-state index in [-0.39, 0.29) is 6.61 Å². The van der Waals surface area contributed by atoms with Crippen LogP contribution < -0.4 is 10.4 Å². The molecule has 2 heterocycles. The zero-order valence-corrected chi connectivity index (χ0v) is 15.1. The average molecular weight is 386 g/mol. The first-order chi connectivity index (χ1) is 11.2. The maximum Gasteiger partial charge on any atom is 0.403 e. The van der Waals surface area contributed by atoms with Gasteiger partial charge in [-0.15, -0.1) is 12.6 Å². The highest BCUT2D eigenvalue weighted by molar-refractivity contribution is 7.80. The van der Waals surface area contributed by atoms with Gasteiger partial charge in [-0.25, -0.2) is 18.4 Å². The van der Waals surface area contributed by atoms with Crippen LogP contribution in [0.1, 0.15) is 13.3 Å². The van der Waals surface area contributed by atoms with Crippen LogP contribution in [0.2, 0.25) is 0 Å². The maximum absolute atomic E-state index is 14.0. The summed E-state index contributed by atoms with van der Waals surface area (Å²) in [6, 6.07) is -2.97. The van der Waals surface area contributed by atoms with E-state index < -0.39 is 55.8 Å². The van der Waals surface area contributed by atoms with Gasteiger partial charge in [-0.05, 0) is 13.5 Å². The smallest absolute Gasteiger partial charge is 0.380 e. The van der Waals surface area contributed by atoms with Gasteiger partial charge in [0.15, 0.2) is 6.17 Å². The van der Waals surface area contributed by atoms with Crippen LogP contribution in [-0.4, -0.2) is 74.5 Å². The number of hydrogen-bond acceptors (Lipinski definition) is 6. The summed E-state index contributed by atoms with van der Waals surface area (Å²) in [4.78, 5) is 9.91. The number of rotatable bonds is 7. The Morgan fingerprint density at radius 3 is 2.54 bits per heavy atom. The second-order valence-corrected chi connectivity index (χ2v) is 7.85. The van der Waals surface area contributed by atoms with Gasteiger partial charge in [-0.1, -0.05) is 6.92 Å². The largest absolute Gasteiger partial charge is 0.403 e. The van der Waals surface area contributed by atoms with Crippen molar-refractivity contribution in [3.8, 4) is 0 Å². The molecule has 2 aliphatic rings. The highest BCUT2D eigenvalue weighted by atomic mass is 32.1. The summed E-state index contributed by atoms with van der Waals surface area (Å²) < 4.78 is 55.4. The van der Waals surface area contributed by atoms with Crippen LogP contribution in [-0.2, 0) is 18.6 Å². The molecular formula is C12H22BF2N2O5PS. The quantitative estimate of drug-likeness (QED) is 0.284. The van der Waals surface area contributed by atoms with Crippen LogP contribution in [0.25, 0.3) is 0 Å². The topological polar surface area (TPSA) is 89.1 Å². The number of likely N-dealkylation sites (N-methyl/N-ethyl adjacent to an activating group) is 1. The molecule has 0 saturated carbocycles. The highest BCUT2D eigenvalue weighted by Gasteiger charge is 2.46. The van der Waals surface area contributed by atoms with E-state index in [0.717, 1.165) is 0 Å². The molecule has 3 N–H and O–H groups in total. The molecule has 9 atom stereocenters. The van der Waals surface area contributed by atoms with Crippen molar-refractivity contribution in [1.82, 2.24) is 10.4 Å². The summed E-state index contributed by atoms with van der Waals surface area (Å²) in [6.07, 6.45) is -4.09. The summed E-state index contributed by atoms with van der Waals surface area (Å²) in [7, 11) is 2.63. The van der Waals surface area contributed by atoms with E-state index >= 15 is 0 Å². The molecular weight excluding hydrogens is 364 g/mol. The fourth-order valence-electron chi connectivity index (χ4n) is 2.88. The molecule has 2 aliphatic heterocycles. The van der Waals surface area contributed by atoms with Crippen molar-refractivity contribution >= 4 is 28.2 Å². The fourth-order valence-corrected chi connectivity index (χ4v) is 4.34. The van der Waals surface area contributed by atoms with Crippen molar-refractivity contribution in [1.29, 1.82) is 0 Å². The molecule has 2 radical (unpaired) electrons. The van der Waals surface area contributed by atoms with E-state index in [1.807, 2.05) is 0 Å². The van der Waals surface area contributed by atoms with E-state index in [4.69, 9.17) is 21.8 Å². The molecule has 0 aromatic rings. The van der Waals surface area contributed by atoms with Gasteiger partial charge < -0.3 is 19.7 Å². The highest BCUT2D eigenvalue weighted by Crippen LogP contribution is 2.42. The van der Waals surface area contributed by atoms with Crippen LogP contribution in [0, 0.1) is 0 Å². The first-order valence-electron chi connectivity index (χ1n) is 7.65. The van der Waals surface area contributed by atoms with Crippen molar-refractivity contribution in [2.75, 3.05) is 13.7 Å². The number of thiol groups is 1. The minimum Gasteiger partial charge on any atom is -0.380 e. The lowest BCUT2D eigenvalue weighted by Crippen LogP contribution is -2.43. The first-order valence-corrected chi connectivity index (χ1v) is 9.74. The Hall–Kier alpha value is 0.265. The van der Waals surface area contributed by atoms with Gasteiger partial charge in [0, 0.05) is 6.00 Å². The van der Waals surface area contributed by atoms with Crippen LogP contribution in [0.5, 0.6) is 0 Å². The SMILES string of the molecule is [B]C1OC(CC)C(NP(=O)(O)OCC2OC(S)C(F)C2NC)C1F. The molecule has 7 nitrogen and oxygen atoms in total. The molecule has 0 aromatic heterocycles. The van der Waals surface area contributed by atoms with Crippen LogP contribution in [0.15, 0.2) is 0 Å². The Morgan fingerprint density at radius 1 is 1.29 bits per heavy atom. The molecule has 0 amide bonds. The van der Waals surface area contributed by atoms with Crippen molar-refractivity contribution in [2.24, 2.45) is 0 Å². The lowest BCUT2D eigenvalue weighted by molar-refractivity contribution is 0.0378. The van der Waals surface area contributed by atoms with Crippen LogP contribution in [0.4, 0.5) is 8.78 Å². The average Bonchev–Trinajstić information content (AvgIpc) is 2.95. The number of ether oxygens (including phenoxy) is 2. The van der Waals surface area contributed by atoms with Gasteiger partial charge in [0.05, 0.1) is 24.8 Å². The molecule has 2 saturated heterocycles. The van der Waals surface area contributed by atoms with E-state index in [9.17, 15) is 18.2 Å². The van der Waals surface area contributed by atoms with Crippen molar-refractivity contribution in [3.05, 3.63) is 0 Å². The second kappa shape index (κ2) is 8.31. The monoisotopic (exact) mass is 386 g/mol. The predicted molar refractivity (Wildman–Crippen MR) is 87.7 cm³/mol. The van der Waals surface area contributed by atoms with Gasteiger partial charge >= 0.3 is 7.75 Å². The number of halogens is 2. The first kappa shape index (κ1) is 20.6. The molecule has 0 spiro atoms. The fraction of sp³-hybridized carbons (Fsp3) is 1.00. The lowest BCUT2D eigenvalue weighted by Gasteiger charge is -2.25. The molecule has 138 valence electrons. The van der Waals surface area contributed by atoms with E-state index in [2.05, 4.69) is 23.0 Å². The zero-order chi connectivity index (χ0) is 18.1. The lowest BCUT2D eigenvalue weighted by atomic mass is 9.93. The number of alkyl halides is 2. The zero-order valence-electron chi connectivity index (χ0n) is 13.3. The summed E-state index contributed by atoms with van der Waals surface area (Å²) in [5.41, 5.74) is -0.956. The molecule has 0 bridgehead atoms. The summed E-state index contributed by atoms with van der Waals surface area (Å²) in [6.45, 7) is 1.38. The van der Waals surface area contributed by atoms with Crippen molar-refractivity contribution < 1.29 is 32.2 Å². The molecule has 0 aliphatic carbocycles. The minimum atomic E-state index is -4.37. The second-order valence-electron chi connectivity index (χ2n) is 5.79. The third-order valence-corrected chi connectivity index (χ3v) is 5.71. The molecule has 24 heavy (non-hydrogen) atoms. The Kier molecular flexibility index (Phi) is 7.12. The molecule has 9 unspecified atom stereocenters. The summed E-state index contributed by atoms with van der Waals surface area (Å²) in [5, 5.41) is 4.95. The molecule has 0 aromatic carbocycles. The van der Waals surface area contributed by atoms with Crippen molar-refractivity contribution in [3.63, 3.8) is 0 Å².